The normalized spacial score (nSPS) is 10.6. The number of rotatable bonds is 3. The summed E-state index contributed by atoms with van der Waals surface area (Å²) in [6.07, 6.45) is 0. The molecule has 0 amide bonds. The molecule has 0 saturated carbocycles. The van der Waals surface area contributed by atoms with Crippen LogP contribution in [-0.2, 0) is 10.1 Å². The van der Waals surface area contributed by atoms with Crippen molar-refractivity contribution >= 4 is 45.5 Å². The van der Waals surface area contributed by atoms with Crippen LogP contribution in [0.3, 0.4) is 0 Å². The van der Waals surface area contributed by atoms with Crippen LogP contribution >= 0.6 is 0 Å². The number of ketones is 1. The van der Waals surface area contributed by atoms with E-state index in [1.54, 1.807) is 30.3 Å². The van der Waals surface area contributed by atoms with Gasteiger partial charge in [-0.15, -0.1) is 0 Å². The van der Waals surface area contributed by atoms with Gasteiger partial charge in [-0.05, 0) is 12.1 Å². The Labute approximate surface area is 133 Å². The van der Waals surface area contributed by atoms with Crippen molar-refractivity contribution in [1.82, 2.24) is 0 Å². The van der Waals surface area contributed by atoms with Crippen LogP contribution in [0.4, 0.5) is 0 Å². The van der Waals surface area contributed by atoms with Gasteiger partial charge in [0.05, 0.1) is 4.90 Å². The minimum absolute atomic E-state index is 0. The van der Waals surface area contributed by atoms with Gasteiger partial charge in [0.25, 0.3) is 10.1 Å². The van der Waals surface area contributed by atoms with Gasteiger partial charge >= 0.3 is 29.6 Å². The Bertz CT molecular complexity index is 681. The fourth-order valence-electron chi connectivity index (χ4n) is 1.55. The van der Waals surface area contributed by atoms with E-state index >= 15 is 0 Å². The van der Waals surface area contributed by atoms with E-state index < -0.39 is 10.1 Å². The second kappa shape index (κ2) is 6.45. The van der Waals surface area contributed by atoms with Gasteiger partial charge < -0.3 is 0 Å². The van der Waals surface area contributed by atoms with Crippen LogP contribution in [0.15, 0.2) is 59.5 Å². The molecule has 0 atom stereocenters. The molecule has 19 heavy (non-hydrogen) atoms. The molecule has 0 radical (unpaired) electrons. The number of carbonyl (C=O) groups excluding carboxylic acids is 1. The zero-order valence-corrected chi connectivity index (χ0v) is 10.1. The molecule has 4 nitrogen and oxygen atoms in total. The van der Waals surface area contributed by atoms with E-state index in [0.717, 1.165) is 6.07 Å². The molecule has 0 aliphatic heterocycles. The minimum atomic E-state index is -4.29. The van der Waals surface area contributed by atoms with Gasteiger partial charge in [-0.25, -0.2) is 0 Å². The summed E-state index contributed by atoms with van der Waals surface area (Å²) in [7, 11) is -4.29. The molecule has 0 bridgehead atoms. The molecule has 0 saturated heterocycles. The van der Waals surface area contributed by atoms with Gasteiger partial charge in [0.1, 0.15) is 0 Å². The molecule has 1 N–H and O–H groups in total. The van der Waals surface area contributed by atoms with E-state index in [9.17, 15) is 13.2 Å². The molecule has 6 heteroatoms. The number of benzene rings is 2. The predicted octanol–water partition coefficient (Wildman–Crippen LogP) is 1.52. The molecular weight excluding hydrogens is 275 g/mol. The fourth-order valence-corrected chi connectivity index (χ4v) is 2.08. The van der Waals surface area contributed by atoms with Gasteiger partial charge in [0.15, 0.2) is 5.78 Å². The fraction of sp³-hybridized carbons (Fsp3) is 0. The van der Waals surface area contributed by atoms with Crippen LogP contribution in [0.2, 0.25) is 0 Å². The van der Waals surface area contributed by atoms with Crippen molar-refractivity contribution in [2.24, 2.45) is 0 Å². The number of carbonyl (C=O) groups is 1. The Balaban J connectivity index is 0.00000180. The molecule has 94 valence electrons. The van der Waals surface area contributed by atoms with E-state index in [1.807, 2.05) is 0 Å². The summed E-state index contributed by atoms with van der Waals surface area (Å²) in [5.41, 5.74) is 0.682. The van der Waals surface area contributed by atoms with E-state index in [1.165, 1.54) is 18.2 Å². The molecule has 0 aliphatic rings. The van der Waals surface area contributed by atoms with Gasteiger partial charge in [-0.1, -0.05) is 42.5 Å². The number of hydrogen-bond donors (Lipinski definition) is 1. The summed E-state index contributed by atoms with van der Waals surface area (Å²) in [5, 5.41) is 0. The summed E-state index contributed by atoms with van der Waals surface area (Å²) in [6.45, 7) is 0. The van der Waals surface area contributed by atoms with E-state index in [0.29, 0.717) is 5.56 Å². The topological polar surface area (TPSA) is 71.4 Å². The number of hydrogen-bond acceptors (Lipinski definition) is 3. The summed E-state index contributed by atoms with van der Waals surface area (Å²) >= 11 is 0. The van der Waals surface area contributed by atoms with Crippen LogP contribution < -0.4 is 0 Å². The Morgan fingerprint density at radius 1 is 0.895 bits per heavy atom. The van der Waals surface area contributed by atoms with Crippen molar-refractivity contribution in [3.63, 3.8) is 0 Å². The van der Waals surface area contributed by atoms with Crippen LogP contribution in [0.5, 0.6) is 0 Å². The molecule has 0 fully saturated rings. The molecule has 2 aromatic rings. The zero-order valence-electron chi connectivity index (χ0n) is 9.28. The van der Waals surface area contributed by atoms with Crippen molar-refractivity contribution in [2.45, 2.75) is 4.90 Å². The molecular formula is C13H11NaO4S. The van der Waals surface area contributed by atoms with Crippen LogP contribution in [0.25, 0.3) is 0 Å². The predicted molar refractivity (Wildman–Crippen MR) is 73.3 cm³/mol. The summed E-state index contributed by atoms with van der Waals surface area (Å²) in [5.74, 6) is -0.291. The van der Waals surface area contributed by atoms with Crippen molar-refractivity contribution in [1.29, 1.82) is 0 Å². The van der Waals surface area contributed by atoms with Crippen LogP contribution in [-0.4, -0.2) is 48.3 Å². The first-order valence-corrected chi connectivity index (χ1v) is 6.60. The van der Waals surface area contributed by atoms with E-state index in [4.69, 9.17) is 4.55 Å². The Kier molecular flexibility index (Phi) is 5.46. The monoisotopic (exact) mass is 286 g/mol. The summed E-state index contributed by atoms with van der Waals surface area (Å²) in [4.78, 5) is 11.8. The molecule has 0 aromatic heterocycles. The second-order valence-corrected chi connectivity index (χ2v) is 5.12. The summed E-state index contributed by atoms with van der Waals surface area (Å²) in [6, 6.07) is 13.8. The Hall–Kier alpha value is -0.980. The maximum atomic E-state index is 12.0. The standard InChI is InChI=1S/C13H10O4S.Na.H/c14-13(10-5-2-1-3-6-10)11-7-4-8-12(9-11)18(15,16)17;;/h1-9H,(H,15,16,17);;. The molecule has 0 aliphatic carbocycles. The molecule has 0 unspecified atom stereocenters. The molecule has 0 spiro atoms. The first-order chi connectivity index (χ1) is 8.48. The van der Waals surface area contributed by atoms with E-state index in [2.05, 4.69) is 0 Å². The first kappa shape index (κ1) is 16.1. The van der Waals surface area contributed by atoms with Crippen molar-refractivity contribution < 1.29 is 17.8 Å². The first-order valence-electron chi connectivity index (χ1n) is 5.16. The maximum absolute atomic E-state index is 12.0. The third-order valence-electron chi connectivity index (χ3n) is 2.43. The third kappa shape index (κ3) is 3.99. The third-order valence-corrected chi connectivity index (χ3v) is 3.28. The second-order valence-electron chi connectivity index (χ2n) is 3.70. The Morgan fingerprint density at radius 2 is 1.47 bits per heavy atom. The van der Waals surface area contributed by atoms with Crippen molar-refractivity contribution in [3.8, 4) is 0 Å². The van der Waals surface area contributed by atoms with E-state index in [-0.39, 0.29) is 45.8 Å². The molecule has 2 rings (SSSR count). The molecule has 0 heterocycles. The SMILES string of the molecule is O=C(c1ccccc1)c1cccc(S(=O)(=O)O)c1.[NaH]. The van der Waals surface area contributed by atoms with Crippen LogP contribution in [0.1, 0.15) is 15.9 Å². The summed E-state index contributed by atoms with van der Waals surface area (Å²) < 4.78 is 30.9. The van der Waals surface area contributed by atoms with Crippen molar-refractivity contribution in [3.05, 3.63) is 65.7 Å². The van der Waals surface area contributed by atoms with Crippen molar-refractivity contribution in [2.75, 3.05) is 0 Å². The quantitative estimate of drug-likeness (QED) is 0.527. The van der Waals surface area contributed by atoms with Crippen LogP contribution in [0, 0.1) is 0 Å². The average molecular weight is 286 g/mol. The molecule has 2 aromatic carbocycles. The van der Waals surface area contributed by atoms with Gasteiger partial charge in [-0.2, -0.15) is 8.42 Å². The Morgan fingerprint density at radius 3 is 2.05 bits per heavy atom. The zero-order chi connectivity index (χ0) is 13.2. The average Bonchev–Trinajstić information content (AvgIpc) is 2.38. The van der Waals surface area contributed by atoms with Gasteiger partial charge in [-0.3, -0.25) is 9.35 Å². The van der Waals surface area contributed by atoms with Gasteiger partial charge in [0, 0.05) is 11.1 Å². The van der Waals surface area contributed by atoms with Gasteiger partial charge in [0.2, 0.25) is 0 Å².